The minimum absolute atomic E-state index is 0.126. The molecule has 0 unspecified atom stereocenters. The molecule has 9 heteroatoms. The molecule has 0 bridgehead atoms. The van der Waals surface area contributed by atoms with E-state index in [0.29, 0.717) is 19.5 Å². The summed E-state index contributed by atoms with van der Waals surface area (Å²) >= 11 is 0. The van der Waals surface area contributed by atoms with E-state index in [9.17, 15) is 14.4 Å². The average molecular weight is 303 g/mol. The molecule has 0 aliphatic carbocycles. The normalized spacial score (nSPS) is 21.3. The molecular formula is C12H21N3O6. The zero-order valence-corrected chi connectivity index (χ0v) is 11.6. The van der Waals surface area contributed by atoms with Crippen LogP contribution in [0.1, 0.15) is 19.3 Å². The molecular weight excluding hydrogens is 282 g/mol. The Hall–Kier alpha value is -1.71. The van der Waals surface area contributed by atoms with Gasteiger partial charge in [-0.1, -0.05) is 0 Å². The van der Waals surface area contributed by atoms with Crippen LogP contribution in [0, 0.1) is 0 Å². The third kappa shape index (κ3) is 5.29. The number of carbonyl (C=O) groups is 3. The molecule has 1 aliphatic rings. The molecule has 0 aromatic carbocycles. The van der Waals surface area contributed by atoms with Crippen LogP contribution in [0.5, 0.6) is 0 Å². The number of hydrogen-bond donors (Lipinski definition) is 5. The number of rotatable bonds is 10. The fourth-order valence-electron chi connectivity index (χ4n) is 2.13. The van der Waals surface area contributed by atoms with Crippen molar-refractivity contribution in [1.82, 2.24) is 10.2 Å². The van der Waals surface area contributed by atoms with E-state index in [4.69, 9.17) is 21.1 Å². The largest absolute Gasteiger partial charge is 0.480 e. The van der Waals surface area contributed by atoms with Crippen LogP contribution in [0.2, 0.25) is 0 Å². The van der Waals surface area contributed by atoms with E-state index >= 15 is 0 Å². The van der Waals surface area contributed by atoms with E-state index in [1.54, 1.807) is 4.90 Å². The van der Waals surface area contributed by atoms with E-state index in [1.165, 1.54) is 0 Å². The highest BCUT2D eigenvalue weighted by Crippen LogP contribution is 2.17. The van der Waals surface area contributed by atoms with Crippen molar-refractivity contribution in [3.63, 3.8) is 0 Å². The molecule has 6 N–H and O–H groups in total. The molecule has 9 nitrogen and oxygen atoms in total. The Morgan fingerprint density at radius 2 is 1.86 bits per heavy atom. The monoisotopic (exact) mass is 303 g/mol. The zero-order chi connectivity index (χ0) is 16.0. The number of nitrogens with zero attached hydrogens (tertiary/aromatic N) is 1. The highest BCUT2D eigenvalue weighted by Gasteiger charge is 2.34. The molecule has 1 rings (SSSR count). The number of likely N-dealkylation sites (tertiary alicyclic amines) is 1. The molecule has 0 aromatic heterocycles. The molecule has 120 valence electrons. The fourth-order valence-corrected chi connectivity index (χ4v) is 2.13. The Labute approximate surface area is 121 Å². The predicted molar refractivity (Wildman–Crippen MR) is 71.9 cm³/mol. The smallest absolute Gasteiger partial charge is 0.320 e. The third-order valence-electron chi connectivity index (χ3n) is 3.58. The van der Waals surface area contributed by atoms with Gasteiger partial charge in [-0.25, -0.2) is 0 Å². The van der Waals surface area contributed by atoms with Crippen molar-refractivity contribution in [3.8, 4) is 0 Å². The number of nitrogens with two attached hydrogens (primary N) is 1. The van der Waals surface area contributed by atoms with E-state index in [-0.39, 0.29) is 19.4 Å². The summed E-state index contributed by atoms with van der Waals surface area (Å²) in [7, 11) is 0. The van der Waals surface area contributed by atoms with Gasteiger partial charge in [-0.05, 0) is 25.8 Å². The fraction of sp³-hybridized carbons (Fsp3) is 0.750. The maximum atomic E-state index is 11.1. The van der Waals surface area contributed by atoms with Crippen LogP contribution in [0.4, 0.5) is 0 Å². The van der Waals surface area contributed by atoms with Crippen molar-refractivity contribution in [3.05, 3.63) is 0 Å². The molecule has 0 spiro atoms. The van der Waals surface area contributed by atoms with Gasteiger partial charge in [0.15, 0.2) is 0 Å². The van der Waals surface area contributed by atoms with Crippen LogP contribution in [0.25, 0.3) is 0 Å². The Balaban J connectivity index is 2.32. The second-order valence-corrected chi connectivity index (χ2v) is 5.05. The second kappa shape index (κ2) is 7.91. The van der Waals surface area contributed by atoms with Gasteiger partial charge >= 0.3 is 17.9 Å². The summed E-state index contributed by atoms with van der Waals surface area (Å²) in [5, 5.41) is 29.3. The van der Waals surface area contributed by atoms with Crippen LogP contribution in [0.3, 0.4) is 0 Å². The summed E-state index contributed by atoms with van der Waals surface area (Å²) in [5.74, 6) is -3.08. The number of aliphatic carboxylic acids is 3. The number of carboxylic acids is 3. The second-order valence-electron chi connectivity index (χ2n) is 5.05. The van der Waals surface area contributed by atoms with Crippen molar-refractivity contribution < 1.29 is 29.7 Å². The van der Waals surface area contributed by atoms with Gasteiger partial charge in [-0.2, -0.15) is 0 Å². The quantitative estimate of drug-likeness (QED) is 0.320. The van der Waals surface area contributed by atoms with Crippen molar-refractivity contribution in [1.29, 1.82) is 0 Å². The maximum absolute atomic E-state index is 11.1. The lowest BCUT2D eigenvalue weighted by atomic mass is 10.0. The first-order valence-electron chi connectivity index (χ1n) is 6.74. The number of carboxylic acid groups (broad SMARTS) is 3. The lowest BCUT2D eigenvalue weighted by Gasteiger charge is -2.38. The molecule has 0 amide bonds. The highest BCUT2D eigenvalue weighted by atomic mass is 16.4. The maximum Gasteiger partial charge on any atom is 0.320 e. The minimum atomic E-state index is -1.13. The number of nitrogens with one attached hydrogen (secondary N) is 1. The molecule has 21 heavy (non-hydrogen) atoms. The Kier molecular flexibility index (Phi) is 6.53. The summed E-state index contributed by atoms with van der Waals surface area (Å²) in [5.41, 5.74) is 5.32. The molecule has 1 fully saturated rings. The lowest BCUT2D eigenvalue weighted by molar-refractivity contribution is -0.148. The first kappa shape index (κ1) is 17.3. The highest BCUT2D eigenvalue weighted by molar-refractivity contribution is 5.75. The van der Waals surface area contributed by atoms with Crippen molar-refractivity contribution in [2.24, 2.45) is 5.73 Å². The van der Waals surface area contributed by atoms with E-state index in [0.717, 1.165) is 0 Å². The van der Waals surface area contributed by atoms with Crippen LogP contribution in [-0.4, -0.2) is 75.9 Å². The standard InChI is InChI=1S/C12H21N3O6/c13-7(10(16)17)1-4-14-8(11(18)19)2-5-15-6-3-9(15)12(20)21/h7-9,14H,1-6,13H2,(H,16,17)(H,18,19)(H,20,21)/t7-,8-,9+/m0/s1. The molecule has 0 radical (unpaired) electrons. The van der Waals surface area contributed by atoms with Crippen LogP contribution < -0.4 is 11.1 Å². The van der Waals surface area contributed by atoms with E-state index in [2.05, 4.69) is 5.32 Å². The number of hydrogen-bond acceptors (Lipinski definition) is 6. The van der Waals surface area contributed by atoms with Crippen LogP contribution in [-0.2, 0) is 14.4 Å². The summed E-state index contributed by atoms with van der Waals surface area (Å²) in [4.78, 5) is 34.2. The van der Waals surface area contributed by atoms with Crippen molar-refractivity contribution in [2.75, 3.05) is 19.6 Å². The van der Waals surface area contributed by atoms with Gasteiger partial charge in [0, 0.05) is 13.1 Å². The van der Waals surface area contributed by atoms with Crippen LogP contribution >= 0.6 is 0 Å². The van der Waals surface area contributed by atoms with Crippen molar-refractivity contribution in [2.45, 2.75) is 37.4 Å². The third-order valence-corrected chi connectivity index (χ3v) is 3.58. The first-order valence-corrected chi connectivity index (χ1v) is 6.74. The zero-order valence-electron chi connectivity index (χ0n) is 11.6. The molecule has 0 saturated carbocycles. The van der Waals surface area contributed by atoms with Gasteiger partial charge in [0.2, 0.25) is 0 Å². The van der Waals surface area contributed by atoms with Gasteiger partial charge in [-0.3, -0.25) is 19.3 Å². The molecule has 3 atom stereocenters. The van der Waals surface area contributed by atoms with Crippen molar-refractivity contribution >= 4 is 17.9 Å². The Morgan fingerprint density at radius 3 is 2.29 bits per heavy atom. The van der Waals surface area contributed by atoms with E-state index < -0.39 is 36.0 Å². The Morgan fingerprint density at radius 1 is 1.19 bits per heavy atom. The molecule has 1 saturated heterocycles. The van der Waals surface area contributed by atoms with Gasteiger partial charge in [0.1, 0.15) is 18.1 Å². The predicted octanol–water partition coefficient (Wildman–Crippen LogP) is -1.62. The Bertz CT molecular complexity index is 402. The molecule has 1 aliphatic heterocycles. The molecule has 1 heterocycles. The minimum Gasteiger partial charge on any atom is -0.480 e. The van der Waals surface area contributed by atoms with E-state index in [1.807, 2.05) is 0 Å². The summed E-state index contributed by atoms with van der Waals surface area (Å²) in [6.07, 6.45) is 0.954. The topological polar surface area (TPSA) is 153 Å². The average Bonchev–Trinajstić information content (AvgIpc) is 2.34. The lowest BCUT2D eigenvalue weighted by Crippen LogP contribution is -2.54. The van der Waals surface area contributed by atoms with Gasteiger partial charge < -0.3 is 26.4 Å². The van der Waals surface area contributed by atoms with Gasteiger partial charge in [-0.15, -0.1) is 0 Å². The van der Waals surface area contributed by atoms with Gasteiger partial charge in [0.25, 0.3) is 0 Å². The van der Waals surface area contributed by atoms with Crippen LogP contribution in [0.15, 0.2) is 0 Å². The van der Waals surface area contributed by atoms with Gasteiger partial charge in [0.05, 0.1) is 0 Å². The summed E-state index contributed by atoms with van der Waals surface area (Å²) in [6, 6.07) is -2.40. The summed E-state index contributed by atoms with van der Waals surface area (Å²) in [6.45, 7) is 1.19. The summed E-state index contributed by atoms with van der Waals surface area (Å²) < 4.78 is 0. The molecule has 0 aromatic rings. The SMILES string of the molecule is N[C@@H](CCN[C@@H](CCN1CC[C@@H]1C(=O)O)C(=O)O)C(=O)O. The first-order chi connectivity index (χ1) is 9.82.